The van der Waals surface area contributed by atoms with E-state index in [4.69, 9.17) is 0 Å². The molecule has 3 atom stereocenters. The maximum absolute atomic E-state index is 13.0. The molecule has 1 aliphatic heterocycles. The molecule has 0 radical (unpaired) electrons. The lowest BCUT2D eigenvalue weighted by Gasteiger charge is -2.39. The lowest BCUT2D eigenvalue weighted by Crippen LogP contribution is -2.48. The minimum atomic E-state index is 0.0602. The van der Waals surface area contributed by atoms with Crippen LogP contribution in [0.5, 0.6) is 0 Å². The Morgan fingerprint density at radius 1 is 1.09 bits per heavy atom. The number of carbonyl (C=O) groups is 1. The summed E-state index contributed by atoms with van der Waals surface area (Å²) in [6.07, 6.45) is 16.7. The molecule has 1 N–H and O–H groups in total. The number of benzene rings is 1. The number of rotatable bonds is 9. The van der Waals surface area contributed by atoms with Crippen LogP contribution in [0.25, 0.3) is 5.69 Å². The second-order valence-electron chi connectivity index (χ2n) is 9.89. The maximum atomic E-state index is 13.0. The highest BCUT2D eigenvalue weighted by atomic mass is 16.1. The summed E-state index contributed by atoms with van der Waals surface area (Å²) in [5, 5.41) is 7.65. The number of aromatic nitrogens is 2. The molecule has 2 unspecified atom stereocenters. The molecule has 0 bridgehead atoms. The number of hydrogen-bond donors (Lipinski definition) is 1. The molecule has 1 saturated heterocycles. The summed E-state index contributed by atoms with van der Waals surface area (Å²) in [5.41, 5.74) is 1.71. The van der Waals surface area contributed by atoms with E-state index >= 15 is 0 Å². The first kappa shape index (κ1) is 23.0. The van der Waals surface area contributed by atoms with E-state index in [2.05, 4.69) is 22.2 Å². The van der Waals surface area contributed by atoms with Gasteiger partial charge in [-0.15, -0.1) is 0 Å². The van der Waals surface area contributed by atoms with Gasteiger partial charge in [-0.05, 0) is 80.8 Å². The Bertz CT molecular complexity index is 817. The Hall–Kier alpha value is -2.14. The van der Waals surface area contributed by atoms with Crippen molar-refractivity contribution in [3.63, 3.8) is 0 Å². The first-order valence-corrected chi connectivity index (χ1v) is 12.9. The molecule has 2 aliphatic rings. The molecule has 2 heterocycles. The van der Waals surface area contributed by atoms with E-state index in [9.17, 15) is 4.79 Å². The molecule has 32 heavy (non-hydrogen) atoms. The average Bonchev–Trinajstić information content (AvgIpc) is 3.36. The third-order valence-corrected chi connectivity index (χ3v) is 7.44. The summed E-state index contributed by atoms with van der Waals surface area (Å²) in [5.74, 6) is 1.51. The van der Waals surface area contributed by atoms with Crippen LogP contribution in [0, 0.1) is 11.8 Å². The van der Waals surface area contributed by atoms with Crippen molar-refractivity contribution in [2.45, 2.75) is 77.2 Å². The van der Waals surface area contributed by atoms with Crippen molar-refractivity contribution in [1.82, 2.24) is 20.0 Å². The predicted octanol–water partition coefficient (Wildman–Crippen LogP) is 5.45. The van der Waals surface area contributed by atoms with Gasteiger partial charge in [0.25, 0.3) is 5.91 Å². The zero-order valence-electron chi connectivity index (χ0n) is 19.7. The van der Waals surface area contributed by atoms with Crippen molar-refractivity contribution in [2.75, 3.05) is 19.6 Å². The summed E-state index contributed by atoms with van der Waals surface area (Å²) >= 11 is 0. The van der Waals surface area contributed by atoms with E-state index in [-0.39, 0.29) is 5.91 Å². The van der Waals surface area contributed by atoms with Crippen molar-refractivity contribution in [3.8, 4) is 5.69 Å². The van der Waals surface area contributed by atoms with E-state index in [0.29, 0.717) is 12.0 Å². The fourth-order valence-corrected chi connectivity index (χ4v) is 5.62. The van der Waals surface area contributed by atoms with Gasteiger partial charge in [-0.3, -0.25) is 4.79 Å². The summed E-state index contributed by atoms with van der Waals surface area (Å²) in [7, 11) is 0. The van der Waals surface area contributed by atoms with Gasteiger partial charge in [0.15, 0.2) is 0 Å². The number of nitrogens with one attached hydrogen (secondary N) is 1. The molecule has 5 heteroatoms. The molecule has 2 fully saturated rings. The topological polar surface area (TPSA) is 50.2 Å². The van der Waals surface area contributed by atoms with Crippen molar-refractivity contribution in [3.05, 3.63) is 48.3 Å². The van der Waals surface area contributed by atoms with Crippen LogP contribution in [-0.2, 0) is 0 Å². The molecule has 174 valence electrons. The van der Waals surface area contributed by atoms with Gasteiger partial charge >= 0.3 is 0 Å². The molecule has 2 aromatic rings. The van der Waals surface area contributed by atoms with Gasteiger partial charge in [0.2, 0.25) is 0 Å². The molecule has 1 aliphatic carbocycles. The van der Waals surface area contributed by atoms with E-state index < -0.39 is 0 Å². The van der Waals surface area contributed by atoms with Crippen molar-refractivity contribution < 1.29 is 4.79 Å². The fraction of sp³-hybridized carbons (Fsp3) is 0.630. The van der Waals surface area contributed by atoms with Crippen molar-refractivity contribution in [1.29, 1.82) is 0 Å². The van der Waals surface area contributed by atoms with E-state index in [1.807, 2.05) is 41.2 Å². The van der Waals surface area contributed by atoms with E-state index in [1.54, 1.807) is 6.20 Å². The zero-order chi connectivity index (χ0) is 22.2. The highest BCUT2D eigenvalue weighted by molar-refractivity contribution is 5.94. The average molecular weight is 437 g/mol. The first-order valence-electron chi connectivity index (χ1n) is 12.9. The monoisotopic (exact) mass is 436 g/mol. The smallest absolute Gasteiger partial charge is 0.251 e. The third kappa shape index (κ3) is 6.22. The van der Waals surface area contributed by atoms with Crippen LogP contribution in [0.2, 0.25) is 0 Å². The lowest BCUT2D eigenvalue weighted by molar-refractivity contribution is 0.0853. The van der Waals surface area contributed by atoms with Crippen molar-refractivity contribution in [2.24, 2.45) is 11.8 Å². The quantitative estimate of drug-likeness (QED) is 0.532. The number of piperidine rings is 1. The number of likely N-dealkylation sites (tertiary alicyclic amines) is 1. The van der Waals surface area contributed by atoms with Gasteiger partial charge in [0.05, 0.1) is 5.69 Å². The van der Waals surface area contributed by atoms with Gasteiger partial charge in [-0.1, -0.05) is 39.0 Å². The SMILES string of the molecule is CCCCCC1CCCN(C[C@@H]2CCCCC2NC(=O)c2ccc(-n3cccn3)cc2)C1. The Morgan fingerprint density at radius 2 is 1.94 bits per heavy atom. The molecular weight excluding hydrogens is 396 g/mol. The maximum Gasteiger partial charge on any atom is 0.251 e. The molecule has 1 aromatic carbocycles. The first-order chi connectivity index (χ1) is 15.7. The van der Waals surface area contributed by atoms with Crippen molar-refractivity contribution >= 4 is 5.91 Å². The molecular formula is C27H40N4O. The van der Waals surface area contributed by atoms with Crippen LogP contribution in [0.4, 0.5) is 0 Å². The number of unbranched alkanes of at least 4 members (excludes halogenated alkanes) is 2. The van der Waals surface area contributed by atoms with Gasteiger partial charge in [0.1, 0.15) is 0 Å². The number of amides is 1. The van der Waals surface area contributed by atoms with Crippen LogP contribution >= 0.6 is 0 Å². The van der Waals surface area contributed by atoms with Gasteiger partial charge in [-0.25, -0.2) is 4.68 Å². The van der Waals surface area contributed by atoms with E-state index in [0.717, 1.165) is 30.1 Å². The van der Waals surface area contributed by atoms with E-state index in [1.165, 1.54) is 70.9 Å². The fourth-order valence-electron chi connectivity index (χ4n) is 5.62. The third-order valence-electron chi connectivity index (χ3n) is 7.44. The van der Waals surface area contributed by atoms with Crippen LogP contribution in [0.3, 0.4) is 0 Å². The Kier molecular flexibility index (Phi) is 8.38. The number of carbonyl (C=O) groups excluding carboxylic acids is 1. The predicted molar refractivity (Wildman–Crippen MR) is 130 cm³/mol. The normalized spacial score (nSPS) is 24.3. The Labute approximate surface area is 193 Å². The minimum absolute atomic E-state index is 0.0602. The second-order valence-corrected chi connectivity index (χ2v) is 9.89. The molecule has 1 amide bonds. The second kappa shape index (κ2) is 11.6. The summed E-state index contributed by atoms with van der Waals surface area (Å²) in [6, 6.07) is 9.95. The molecule has 1 saturated carbocycles. The van der Waals surface area contributed by atoms with Crippen LogP contribution < -0.4 is 5.32 Å². The van der Waals surface area contributed by atoms with Gasteiger partial charge < -0.3 is 10.2 Å². The highest BCUT2D eigenvalue weighted by Gasteiger charge is 2.30. The molecule has 1 aromatic heterocycles. The van der Waals surface area contributed by atoms with Crippen LogP contribution in [0.15, 0.2) is 42.7 Å². The summed E-state index contributed by atoms with van der Waals surface area (Å²) in [6.45, 7) is 5.93. The number of hydrogen-bond acceptors (Lipinski definition) is 3. The largest absolute Gasteiger partial charge is 0.349 e. The van der Waals surface area contributed by atoms with Gasteiger partial charge in [0, 0.05) is 37.1 Å². The highest BCUT2D eigenvalue weighted by Crippen LogP contribution is 2.29. The standard InChI is InChI=1S/C27H40N4O/c1-2-3-4-9-22-10-7-18-30(20-22)21-24-11-5-6-12-26(24)29-27(32)23-13-15-25(16-14-23)31-19-8-17-28-31/h8,13-17,19,22,24,26H,2-7,9-12,18,20-21H2,1H3,(H,29,32)/t22?,24-,26?/m0/s1. The minimum Gasteiger partial charge on any atom is -0.349 e. The Morgan fingerprint density at radius 3 is 2.72 bits per heavy atom. The zero-order valence-corrected chi connectivity index (χ0v) is 19.7. The lowest BCUT2D eigenvalue weighted by atomic mass is 9.83. The molecule has 4 rings (SSSR count). The number of nitrogens with zero attached hydrogens (tertiary/aromatic N) is 3. The van der Waals surface area contributed by atoms with Crippen LogP contribution in [-0.4, -0.2) is 46.3 Å². The van der Waals surface area contributed by atoms with Gasteiger partial charge in [-0.2, -0.15) is 5.10 Å². The summed E-state index contributed by atoms with van der Waals surface area (Å²) in [4.78, 5) is 15.7. The summed E-state index contributed by atoms with van der Waals surface area (Å²) < 4.78 is 1.81. The molecule has 0 spiro atoms. The Balaban J connectivity index is 1.31. The van der Waals surface area contributed by atoms with Crippen LogP contribution in [0.1, 0.15) is 81.5 Å². The molecule has 5 nitrogen and oxygen atoms in total.